The smallest absolute Gasteiger partial charge is 0.271 e. The van der Waals surface area contributed by atoms with Crippen molar-refractivity contribution in [2.45, 2.75) is 24.7 Å². The Kier molecular flexibility index (Phi) is 6.23. The maximum absolute atomic E-state index is 12.0. The molecule has 0 bridgehead atoms. The molecule has 0 fully saturated rings. The van der Waals surface area contributed by atoms with Crippen molar-refractivity contribution in [1.29, 1.82) is 0 Å². The Labute approximate surface area is 149 Å². The number of nitrogens with one attached hydrogen (secondary N) is 1. The SMILES string of the molecule is CC(C)c1ccc(SCC(=O)Nc2cc([N+](=O)[O-])ccc2Cl)cc1. The topological polar surface area (TPSA) is 72.2 Å². The van der Waals surface area contributed by atoms with Crippen LogP contribution in [0.25, 0.3) is 0 Å². The van der Waals surface area contributed by atoms with Crippen LogP contribution >= 0.6 is 23.4 Å². The van der Waals surface area contributed by atoms with Gasteiger partial charge in [-0.3, -0.25) is 14.9 Å². The lowest BCUT2D eigenvalue weighted by atomic mass is 10.0. The number of non-ortho nitro benzene ring substituents is 1. The fraction of sp³-hybridized carbons (Fsp3) is 0.235. The van der Waals surface area contributed by atoms with Crippen LogP contribution in [0.15, 0.2) is 47.4 Å². The highest BCUT2D eigenvalue weighted by Crippen LogP contribution is 2.27. The molecular weight excluding hydrogens is 348 g/mol. The van der Waals surface area contributed by atoms with Crippen molar-refractivity contribution in [2.75, 3.05) is 11.1 Å². The summed E-state index contributed by atoms with van der Waals surface area (Å²) in [5.41, 5.74) is 1.37. The van der Waals surface area contributed by atoms with E-state index in [2.05, 4.69) is 19.2 Å². The number of anilines is 1. The largest absolute Gasteiger partial charge is 0.324 e. The zero-order valence-corrected chi connectivity index (χ0v) is 14.9. The summed E-state index contributed by atoms with van der Waals surface area (Å²) in [6.07, 6.45) is 0. The number of carbonyl (C=O) groups is 1. The molecule has 0 atom stereocenters. The average molecular weight is 365 g/mol. The highest BCUT2D eigenvalue weighted by atomic mass is 35.5. The lowest BCUT2D eigenvalue weighted by Crippen LogP contribution is -2.14. The average Bonchev–Trinajstić information content (AvgIpc) is 2.55. The van der Waals surface area contributed by atoms with Crippen molar-refractivity contribution in [3.05, 3.63) is 63.2 Å². The van der Waals surface area contributed by atoms with Gasteiger partial charge in [0.05, 0.1) is 21.4 Å². The predicted octanol–water partition coefficient (Wildman–Crippen LogP) is 5.10. The van der Waals surface area contributed by atoms with Crippen LogP contribution in [0.5, 0.6) is 0 Å². The lowest BCUT2D eigenvalue weighted by Gasteiger charge is -2.08. The van der Waals surface area contributed by atoms with Crippen LogP contribution in [0.2, 0.25) is 5.02 Å². The lowest BCUT2D eigenvalue weighted by molar-refractivity contribution is -0.384. The van der Waals surface area contributed by atoms with Crippen molar-refractivity contribution in [2.24, 2.45) is 0 Å². The first-order chi connectivity index (χ1) is 11.4. The van der Waals surface area contributed by atoms with E-state index in [1.807, 2.05) is 24.3 Å². The molecule has 1 amide bonds. The molecule has 2 rings (SSSR count). The first-order valence-corrected chi connectivity index (χ1v) is 8.69. The Bertz CT molecular complexity index is 748. The molecule has 0 saturated carbocycles. The molecule has 7 heteroatoms. The maximum Gasteiger partial charge on any atom is 0.271 e. The number of halogens is 1. The molecule has 0 heterocycles. The third kappa shape index (κ3) is 4.97. The van der Waals surface area contributed by atoms with Crippen molar-refractivity contribution >= 4 is 40.6 Å². The number of hydrogen-bond donors (Lipinski definition) is 1. The van der Waals surface area contributed by atoms with Crippen LogP contribution in [0.3, 0.4) is 0 Å². The minimum atomic E-state index is -0.531. The Hall–Kier alpha value is -2.05. The minimum absolute atomic E-state index is 0.119. The molecule has 0 unspecified atom stereocenters. The Morgan fingerprint density at radius 2 is 1.92 bits per heavy atom. The van der Waals surface area contributed by atoms with E-state index in [9.17, 15) is 14.9 Å². The molecule has 0 saturated heterocycles. The third-order valence-corrected chi connectivity index (χ3v) is 4.69. The second-order valence-electron chi connectivity index (χ2n) is 5.48. The van der Waals surface area contributed by atoms with Crippen molar-refractivity contribution in [3.8, 4) is 0 Å². The van der Waals surface area contributed by atoms with Crippen LogP contribution in [0.4, 0.5) is 11.4 Å². The minimum Gasteiger partial charge on any atom is -0.324 e. The molecule has 0 spiro atoms. The van der Waals surface area contributed by atoms with Crippen LogP contribution < -0.4 is 5.32 Å². The second kappa shape index (κ2) is 8.17. The number of benzene rings is 2. The molecule has 126 valence electrons. The summed E-state index contributed by atoms with van der Waals surface area (Å²) in [6, 6.07) is 12.0. The van der Waals surface area contributed by atoms with E-state index in [0.717, 1.165) is 4.90 Å². The molecule has 5 nitrogen and oxygen atoms in total. The van der Waals surface area contributed by atoms with Gasteiger partial charge in [0.1, 0.15) is 0 Å². The van der Waals surface area contributed by atoms with Crippen LogP contribution in [0, 0.1) is 10.1 Å². The molecule has 0 aromatic heterocycles. The quantitative estimate of drug-likeness (QED) is 0.439. The number of nitro groups is 1. The number of nitro benzene ring substituents is 1. The van der Waals surface area contributed by atoms with E-state index in [0.29, 0.717) is 5.92 Å². The van der Waals surface area contributed by atoms with Gasteiger partial charge in [-0.05, 0) is 29.7 Å². The van der Waals surface area contributed by atoms with Gasteiger partial charge in [0, 0.05) is 17.0 Å². The molecule has 0 radical (unpaired) electrons. The van der Waals surface area contributed by atoms with Gasteiger partial charge in [-0.1, -0.05) is 37.6 Å². The number of carbonyl (C=O) groups excluding carboxylic acids is 1. The van der Waals surface area contributed by atoms with Crippen molar-refractivity contribution in [1.82, 2.24) is 0 Å². The van der Waals surface area contributed by atoms with Gasteiger partial charge in [0.2, 0.25) is 5.91 Å². The third-order valence-electron chi connectivity index (χ3n) is 3.35. The summed E-state index contributed by atoms with van der Waals surface area (Å²) in [6.45, 7) is 4.25. The van der Waals surface area contributed by atoms with E-state index in [4.69, 9.17) is 11.6 Å². The predicted molar refractivity (Wildman–Crippen MR) is 98.0 cm³/mol. The highest BCUT2D eigenvalue weighted by Gasteiger charge is 2.12. The fourth-order valence-electron chi connectivity index (χ4n) is 2.01. The molecule has 1 N–H and O–H groups in total. The van der Waals surface area contributed by atoms with Crippen LogP contribution in [-0.2, 0) is 4.79 Å². The van der Waals surface area contributed by atoms with Crippen molar-refractivity contribution in [3.63, 3.8) is 0 Å². The first kappa shape index (κ1) is 18.3. The molecule has 24 heavy (non-hydrogen) atoms. The number of amides is 1. The summed E-state index contributed by atoms with van der Waals surface area (Å²) in [5.74, 6) is 0.388. The number of rotatable bonds is 6. The number of hydrogen-bond acceptors (Lipinski definition) is 4. The summed E-state index contributed by atoms with van der Waals surface area (Å²) >= 11 is 7.36. The van der Waals surface area contributed by atoms with Crippen molar-refractivity contribution < 1.29 is 9.72 Å². The molecule has 0 aliphatic carbocycles. The second-order valence-corrected chi connectivity index (χ2v) is 6.94. The summed E-state index contributed by atoms with van der Waals surface area (Å²) < 4.78 is 0. The summed E-state index contributed by atoms with van der Waals surface area (Å²) in [4.78, 5) is 23.3. The zero-order chi connectivity index (χ0) is 17.7. The highest BCUT2D eigenvalue weighted by molar-refractivity contribution is 8.00. The van der Waals surface area contributed by atoms with Gasteiger partial charge in [0.25, 0.3) is 5.69 Å². The van der Waals surface area contributed by atoms with E-state index in [1.54, 1.807) is 0 Å². The Morgan fingerprint density at radius 1 is 1.25 bits per heavy atom. The van der Waals surface area contributed by atoms with Gasteiger partial charge in [0.15, 0.2) is 0 Å². The van der Waals surface area contributed by atoms with E-state index >= 15 is 0 Å². The fourth-order valence-corrected chi connectivity index (χ4v) is 2.87. The van der Waals surface area contributed by atoms with Gasteiger partial charge < -0.3 is 5.32 Å². The zero-order valence-electron chi connectivity index (χ0n) is 13.3. The Morgan fingerprint density at radius 3 is 2.50 bits per heavy atom. The van der Waals surface area contributed by atoms with Gasteiger partial charge in [-0.2, -0.15) is 0 Å². The van der Waals surface area contributed by atoms with E-state index in [1.165, 1.54) is 35.5 Å². The number of thioether (sulfide) groups is 1. The van der Waals surface area contributed by atoms with E-state index < -0.39 is 4.92 Å². The molecule has 2 aromatic carbocycles. The van der Waals surface area contributed by atoms with Gasteiger partial charge >= 0.3 is 0 Å². The molecule has 0 aliphatic rings. The van der Waals surface area contributed by atoms with Gasteiger partial charge in [-0.25, -0.2) is 0 Å². The summed E-state index contributed by atoms with van der Waals surface area (Å²) in [5, 5.41) is 13.7. The molecule has 2 aromatic rings. The van der Waals surface area contributed by atoms with Crippen LogP contribution in [0.1, 0.15) is 25.3 Å². The molecule has 0 aliphatic heterocycles. The van der Waals surface area contributed by atoms with Crippen LogP contribution in [-0.4, -0.2) is 16.6 Å². The normalized spacial score (nSPS) is 10.7. The standard InChI is InChI=1S/C17H17ClN2O3S/c1-11(2)12-3-6-14(7-4-12)24-10-17(21)19-16-9-13(20(22)23)5-8-15(16)18/h3-9,11H,10H2,1-2H3,(H,19,21). The number of nitrogens with zero attached hydrogens (tertiary/aromatic N) is 1. The Balaban J connectivity index is 1.96. The summed E-state index contributed by atoms with van der Waals surface area (Å²) in [7, 11) is 0. The molecular formula is C17H17ClN2O3S. The first-order valence-electron chi connectivity index (χ1n) is 7.33. The van der Waals surface area contributed by atoms with E-state index in [-0.39, 0.29) is 28.1 Å². The maximum atomic E-state index is 12.0. The monoisotopic (exact) mass is 364 g/mol. The van der Waals surface area contributed by atoms with Gasteiger partial charge in [-0.15, -0.1) is 11.8 Å².